The van der Waals surface area contributed by atoms with Gasteiger partial charge in [0, 0.05) is 6.08 Å². The van der Waals surface area contributed by atoms with Crippen molar-refractivity contribution in [3.63, 3.8) is 0 Å². The highest BCUT2D eigenvalue weighted by atomic mass is 19.4. The smallest absolute Gasteiger partial charge is 0.416 e. The van der Waals surface area contributed by atoms with Crippen LogP contribution < -0.4 is 5.32 Å². The van der Waals surface area contributed by atoms with Crippen molar-refractivity contribution < 1.29 is 27.9 Å². The molecule has 0 unspecified atom stereocenters. The molecule has 0 aromatic heterocycles. The van der Waals surface area contributed by atoms with Gasteiger partial charge in [-0.1, -0.05) is 36.4 Å². The fraction of sp³-hybridized carbons (Fsp3) is 0.0909. The van der Waals surface area contributed by atoms with Gasteiger partial charge < -0.3 is 10.4 Å². The maximum Gasteiger partial charge on any atom is 0.416 e. The van der Waals surface area contributed by atoms with Crippen molar-refractivity contribution in [3.8, 4) is 0 Å². The molecule has 4 nitrogen and oxygen atoms in total. The third-order valence-corrected chi connectivity index (χ3v) is 4.39. The summed E-state index contributed by atoms with van der Waals surface area (Å²) in [5.74, 6) is -2.17. The van der Waals surface area contributed by atoms with E-state index in [9.17, 15) is 27.9 Å². The van der Waals surface area contributed by atoms with Gasteiger partial charge in [-0.05, 0) is 53.1 Å². The number of carboxylic acids is 1. The van der Waals surface area contributed by atoms with Gasteiger partial charge in [-0.15, -0.1) is 0 Å². The van der Waals surface area contributed by atoms with E-state index in [1.807, 2.05) is 42.5 Å². The first kappa shape index (κ1) is 20.1. The molecule has 0 radical (unpaired) electrons. The minimum absolute atomic E-state index is 0.417. The molecule has 2 N–H and O–H groups in total. The number of nitrogens with one attached hydrogen (secondary N) is 1. The van der Waals surface area contributed by atoms with E-state index in [2.05, 4.69) is 5.32 Å². The number of carboxylic acid groups (broad SMARTS) is 1. The molecular weight excluding hydrogens is 383 g/mol. The van der Waals surface area contributed by atoms with Crippen LogP contribution in [0.3, 0.4) is 0 Å². The van der Waals surface area contributed by atoms with Crippen molar-refractivity contribution >= 4 is 33.9 Å². The number of amides is 1. The van der Waals surface area contributed by atoms with Crippen molar-refractivity contribution in [1.29, 1.82) is 0 Å². The Balaban J connectivity index is 1.89. The SMILES string of the molecule is C/C(=C/C(=O)Nc1cc(C(F)(F)F)ccc1C(=O)O)c1ccc2ccccc2c1. The molecule has 0 aliphatic rings. The highest BCUT2D eigenvalue weighted by molar-refractivity contribution is 6.07. The van der Waals surface area contributed by atoms with Crippen LogP contribution in [-0.2, 0) is 11.0 Å². The van der Waals surface area contributed by atoms with Crippen molar-refractivity contribution in [3.05, 3.63) is 83.4 Å². The third kappa shape index (κ3) is 4.63. The molecule has 3 aromatic rings. The van der Waals surface area contributed by atoms with Crippen LogP contribution >= 0.6 is 0 Å². The largest absolute Gasteiger partial charge is 0.478 e. The summed E-state index contributed by atoms with van der Waals surface area (Å²) in [6.45, 7) is 1.69. The maximum atomic E-state index is 12.9. The minimum Gasteiger partial charge on any atom is -0.478 e. The summed E-state index contributed by atoms with van der Waals surface area (Å²) in [5.41, 5.74) is -0.547. The van der Waals surface area contributed by atoms with E-state index < -0.39 is 34.9 Å². The van der Waals surface area contributed by atoms with Gasteiger partial charge in [-0.2, -0.15) is 13.2 Å². The predicted molar refractivity (Wildman–Crippen MR) is 105 cm³/mol. The average molecular weight is 399 g/mol. The summed E-state index contributed by atoms with van der Waals surface area (Å²) >= 11 is 0. The summed E-state index contributed by atoms with van der Waals surface area (Å²) < 4.78 is 38.8. The second kappa shape index (κ2) is 7.79. The second-order valence-electron chi connectivity index (χ2n) is 6.44. The van der Waals surface area contributed by atoms with Gasteiger partial charge in [0.15, 0.2) is 0 Å². The van der Waals surface area contributed by atoms with Crippen LogP contribution in [0.2, 0.25) is 0 Å². The number of fused-ring (bicyclic) bond motifs is 1. The number of benzene rings is 3. The Labute approximate surface area is 164 Å². The number of carbonyl (C=O) groups excluding carboxylic acids is 1. The second-order valence-corrected chi connectivity index (χ2v) is 6.44. The quantitative estimate of drug-likeness (QED) is 0.562. The van der Waals surface area contributed by atoms with Crippen molar-refractivity contribution in [2.45, 2.75) is 13.1 Å². The fourth-order valence-electron chi connectivity index (χ4n) is 2.89. The fourth-order valence-corrected chi connectivity index (χ4v) is 2.89. The Hall–Kier alpha value is -3.61. The van der Waals surface area contributed by atoms with E-state index in [-0.39, 0.29) is 0 Å². The van der Waals surface area contributed by atoms with Crippen LogP contribution in [-0.4, -0.2) is 17.0 Å². The van der Waals surface area contributed by atoms with E-state index in [0.717, 1.165) is 22.4 Å². The number of hydrogen-bond donors (Lipinski definition) is 2. The monoisotopic (exact) mass is 399 g/mol. The van der Waals surface area contributed by atoms with Gasteiger partial charge in [0.25, 0.3) is 0 Å². The van der Waals surface area contributed by atoms with Gasteiger partial charge >= 0.3 is 12.1 Å². The minimum atomic E-state index is -4.66. The van der Waals surface area contributed by atoms with Crippen LogP contribution in [0.5, 0.6) is 0 Å². The van der Waals surface area contributed by atoms with Crippen LogP contribution in [0.15, 0.2) is 66.7 Å². The average Bonchev–Trinajstić information content (AvgIpc) is 2.66. The third-order valence-electron chi connectivity index (χ3n) is 4.39. The number of hydrogen-bond acceptors (Lipinski definition) is 2. The van der Waals surface area contributed by atoms with Crippen LogP contribution in [0.1, 0.15) is 28.4 Å². The molecule has 0 aliphatic heterocycles. The van der Waals surface area contributed by atoms with E-state index in [0.29, 0.717) is 17.7 Å². The predicted octanol–water partition coefficient (Wildman–Crippen LogP) is 5.60. The lowest BCUT2D eigenvalue weighted by molar-refractivity contribution is -0.137. The van der Waals surface area contributed by atoms with Crippen molar-refractivity contribution in [2.24, 2.45) is 0 Å². The topological polar surface area (TPSA) is 66.4 Å². The number of allylic oxidation sites excluding steroid dienone is 1. The van der Waals surface area contributed by atoms with Gasteiger partial charge in [-0.25, -0.2) is 4.79 Å². The molecule has 0 heterocycles. The number of carbonyl (C=O) groups is 2. The lowest BCUT2D eigenvalue weighted by Crippen LogP contribution is -2.14. The van der Waals surface area contributed by atoms with Gasteiger partial charge in [0.1, 0.15) is 0 Å². The summed E-state index contributed by atoms with van der Waals surface area (Å²) in [6, 6.07) is 15.4. The number of anilines is 1. The molecule has 0 atom stereocenters. The lowest BCUT2D eigenvalue weighted by Gasteiger charge is -2.12. The molecule has 7 heteroatoms. The zero-order valence-corrected chi connectivity index (χ0v) is 15.2. The Bertz CT molecular complexity index is 1130. The molecule has 0 fully saturated rings. The molecule has 3 rings (SSSR count). The lowest BCUT2D eigenvalue weighted by atomic mass is 10.0. The van der Waals surface area contributed by atoms with Crippen LogP contribution in [0, 0.1) is 0 Å². The van der Waals surface area contributed by atoms with Crippen LogP contribution in [0.4, 0.5) is 18.9 Å². The molecular formula is C22H16F3NO3. The summed E-state index contributed by atoms with van der Waals surface area (Å²) in [6.07, 6.45) is -3.44. The van der Waals surface area contributed by atoms with Crippen molar-refractivity contribution in [2.75, 3.05) is 5.32 Å². The molecule has 1 amide bonds. The van der Waals surface area contributed by atoms with Gasteiger partial charge in [0.2, 0.25) is 5.91 Å². The molecule has 0 aliphatic carbocycles. The molecule has 3 aromatic carbocycles. The molecule has 0 spiro atoms. The highest BCUT2D eigenvalue weighted by Crippen LogP contribution is 2.32. The first-order valence-electron chi connectivity index (χ1n) is 8.58. The molecule has 0 bridgehead atoms. The normalized spacial score (nSPS) is 12.1. The number of rotatable bonds is 4. The first-order chi connectivity index (χ1) is 13.6. The zero-order valence-electron chi connectivity index (χ0n) is 15.2. The number of halogens is 3. The van der Waals surface area contributed by atoms with E-state index in [1.165, 1.54) is 6.08 Å². The van der Waals surface area contributed by atoms with E-state index in [1.54, 1.807) is 6.92 Å². The summed E-state index contributed by atoms with van der Waals surface area (Å²) in [7, 11) is 0. The summed E-state index contributed by atoms with van der Waals surface area (Å²) in [4.78, 5) is 23.6. The van der Waals surface area contributed by atoms with Crippen LogP contribution in [0.25, 0.3) is 16.3 Å². The number of alkyl halides is 3. The molecule has 29 heavy (non-hydrogen) atoms. The standard InChI is InChI=1S/C22H16F3NO3/c1-13(15-7-6-14-4-2-3-5-16(14)11-15)10-20(27)26-19-12-17(22(23,24)25)8-9-18(19)21(28)29/h2-12H,1H3,(H,26,27)(H,28,29)/b13-10-. The van der Waals surface area contributed by atoms with E-state index in [4.69, 9.17) is 0 Å². The maximum absolute atomic E-state index is 12.9. The molecule has 0 saturated heterocycles. The summed E-state index contributed by atoms with van der Waals surface area (Å²) in [5, 5.41) is 13.4. The Morgan fingerprint density at radius 1 is 0.966 bits per heavy atom. The molecule has 148 valence electrons. The van der Waals surface area contributed by atoms with Crippen molar-refractivity contribution in [1.82, 2.24) is 0 Å². The highest BCUT2D eigenvalue weighted by Gasteiger charge is 2.31. The Morgan fingerprint density at radius 2 is 1.66 bits per heavy atom. The zero-order chi connectivity index (χ0) is 21.2. The van der Waals surface area contributed by atoms with E-state index >= 15 is 0 Å². The Kier molecular flexibility index (Phi) is 5.41. The van der Waals surface area contributed by atoms with Gasteiger partial charge in [0.05, 0.1) is 16.8 Å². The van der Waals surface area contributed by atoms with Gasteiger partial charge in [-0.3, -0.25) is 4.79 Å². The Morgan fingerprint density at radius 3 is 2.31 bits per heavy atom. The molecule has 0 saturated carbocycles. The first-order valence-corrected chi connectivity index (χ1v) is 8.58. The number of aromatic carboxylic acids is 1.